The molecule has 19 heavy (non-hydrogen) atoms. The van der Waals surface area contributed by atoms with Crippen LogP contribution < -0.4 is 4.74 Å². The maximum atomic E-state index is 5.61. The number of benzene rings is 1. The summed E-state index contributed by atoms with van der Waals surface area (Å²) in [6.45, 7) is 2.26. The summed E-state index contributed by atoms with van der Waals surface area (Å²) < 4.78 is 5.61. The molecule has 0 fully saturated rings. The maximum Gasteiger partial charge on any atom is 0.167 e. The minimum Gasteiger partial charge on any atom is -0.450 e. The zero-order valence-electron chi connectivity index (χ0n) is 12.1. The van der Waals surface area contributed by atoms with E-state index >= 15 is 0 Å². The number of hydrogen-bond acceptors (Lipinski definition) is 2. The zero-order valence-corrected chi connectivity index (χ0v) is 12.9. The molecule has 0 amide bonds. The number of thiocarbonyl (C=S) groups is 1. The van der Waals surface area contributed by atoms with E-state index in [1.807, 2.05) is 30.3 Å². The first kappa shape index (κ1) is 16.2. The van der Waals surface area contributed by atoms with Crippen LogP contribution in [0.25, 0.3) is 0 Å². The molecule has 0 bridgehead atoms. The van der Waals surface area contributed by atoms with E-state index in [0.29, 0.717) is 0 Å². The molecule has 2 heteroatoms. The van der Waals surface area contributed by atoms with Gasteiger partial charge in [-0.25, -0.2) is 0 Å². The van der Waals surface area contributed by atoms with Gasteiger partial charge < -0.3 is 4.74 Å². The van der Waals surface area contributed by atoms with Gasteiger partial charge >= 0.3 is 0 Å². The second kappa shape index (κ2) is 11.0. The highest BCUT2D eigenvalue weighted by atomic mass is 32.1. The van der Waals surface area contributed by atoms with Gasteiger partial charge in [-0.3, -0.25) is 0 Å². The molecule has 0 unspecified atom stereocenters. The second-order valence-corrected chi connectivity index (χ2v) is 5.47. The van der Waals surface area contributed by atoms with Gasteiger partial charge in [0.1, 0.15) is 5.75 Å². The van der Waals surface area contributed by atoms with Crippen LogP contribution >= 0.6 is 12.2 Å². The van der Waals surface area contributed by atoms with Crippen molar-refractivity contribution in [1.29, 1.82) is 0 Å². The smallest absolute Gasteiger partial charge is 0.167 e. The van der Waals surface area contributed by atoms with Crippen LogP contribution in [0.4, 0.5) is 0 Å². The fraction of sp³-hybridized carbons (Fsp3) is 0.588. The van der Waals surface area contributed by atoms with Crippen molar-refractivity contribution in [3.05, 3.63) is 30.3 Å². The molecule has 1 aromatic rings. The molecule has 0 radical (unpaired) electrons. The van der Waals surface area contributed by atoms with Crippen LogP contribution in [-0.2, 0) is 0 Å². The highest BCUT2D eigenvalue weighted by Crippen LogP contribution is 2.13. The average molecular weight is 278 g/mol. The van der Waals surface area contributed by atoms with Gasteiger partial charge in [-0.2, -0.15) is 0 Å². The van der Waals surface area contributed by atoms with E-state index < -0.39 is 0 Å². The molecular formula is C17H26OS. The van der Waals surface area contributed by atoms with Crippen LogP contribution in [0.3, 0.4) is 0 Å². The van der Waals surface area contributed by atoms with Crippen molar-refractivity contribution in [1.82, 2.24) is 0 Å². The predicted molar refractivity (Wildman–Crippen MR) is 86.9 cm³/mol. The molecule has 0 aromatic heterocycles. The Kier molecular flexibility index (Phi) is 9.34. The van der Waals surface area contributed by atoms with E-state index in [2.05, 4.69) is 6.92 Å². The van der Waals surface area contributed by atoms with Crippen molar-refractivity contribution in [3.63, 3.8) is 0 Å². The van der Waals surface area contributed by atoms with E-state index in [1.54, 1.807) is 0 Å². The van der Waals surface area contributed by atoms with E-state index in [0.717, 1.165) is 23.6 Å². The molecule has 0 saturated carbocycles. The molecule has 0 aliphatic rings. The molecule has 1 nitrogen and oxygen atoms in total. The summed E-state index contributed by atoms with van der Waals surface area (Å²) in [6, 6.07) is 9.80. The molecule has 0 saturated heterocycles. The van der Waals surface area contributed by atoms with Crippen LogP contribution in [0, 0.1) is 0 Å². The first-order valence-electron chi connectivity index (χ1n) is 7.58. The van der Waals surface area contributed by atoms with Crippen LogP contribution in [0.15, 0.2) is 30.3 Å². The van der Waals surface area contributed by atoms with Gasteiger partial charge in [-0.1, -0.05) is 70.1 Å². The first-order chi connectivity index (χ1) is 9.33. The predicted octanol–water partition coefficient (Wildman–Crippen LogP) is 5.92. The third-order valence-electron chi connectivity index (χ3n) is 3.21. The Morgan fingerprint density at radius 3 is 2.11 bits per heavy atom. The van der Waals surface area contributed by atoms with Gasteiger partial charge in [0.2, 0.25) is 0 Å². The van der Waals surface area contributed by atoms with E-state index in [1.165, 1.54) is 44.9 Å². The lowest BCUT2D eigenvalue weighted by atomic mass is 10.1. The second-order valence-electron chi connectivity index (χ2n) is 5.01. The van der Waals surface area contributed by atoms with Crippen LogP contribution in [-0.4, -0.2) is 5.05 Å². The fourth-order valence-corrected chi connectivity index (χ4v) is 2.31. The molecule has 1 aromatic carbocycles. The Hall–Kier alpha value is -0.890. The van der Waals surface area contributed by atoms with Gasteiger partial charge in [0.05, 0.1) is 0 Å². The van der Waals surface area contributed by atoms with E-state index in [4.69, 9.17) is 17.0 Å². The normalized spacial score (nSPS) is 10.4. The Morgan fingerprint density at radius 1 is 0.895 bits per heavy atom. The summed E-state index contributed by atoms with van der Waals surface area (Å²) in [7, 11) is 0. The molecule has 0 atom stereocenters. The highest BCUT2D eigenvalue weighted by molar-refractivity contribution is 7.80. The summed E-state index contributed by atoms with van der Waals surface area (Å²) >= 11 is 5.25. The summed E-state index contributed by atoms with van der Waals surface area (Å²) in [4.78, 5) is 0. The van der Waals surface area contributed by atoms with Crippen molar-refractivity contribution in [2.45, 2.75) is 64.7 Å². The van der Waals surface area contributed by atoms with Gasteiger partial charge in [-0.15, -0.1) is 0 Å². The van der Waals surface area contributed by atoms with E-state index in [-0.39, 0.29) is 0 Å². The van der Waals surface area contributed by atoms with Crippen LogP contribution in [0.5, 0.6) is 5.75 Å². The van der Waals surface area contributed by atoms with Gasteiger partial charge in [0, 0.05) is 6.42 Å². The van der Waals surface area contributed by atoms with Crippen molar-refractivity contribution in [2.24, 2.45) is 0 Å². The highest BCUT2D eigenvalue weighted by Gasteiger charge is 2.00. The SMILES string of the molecule is CCCCCCCCCCC(=S)Oc1ccccc1. The molecule has 0 heterocycles. The summed E-state index contributed by atoms with van der Waals surface area (Å²) in [5, 5.41) is 0.720. The van der Waals surface area contributed by atoms with Gasteiger partial charge in [0.25, 0.3) is 0 Å². The molecule has 0 N–H and O–H groups in total. The Balaban J connectivity index is 1.96. The number of para-hydroxylation sites is 1. The number of ether oxygens (including phenoxy) is 1. The summed E-state index contributed by atoms with van der Waals surface area (Å²) in [5.41, 5.74) is 0. The minimum absolute atomic E-state index is 0.720. The largest absolute Gasteiger partial charge is 0.450 e. The third kappa shape index (κ3) is 8.77. The zero-order chi connectivity index (χ0) is 13.8. The van der Waals surface area contributed by atoms with Crippen molar-refractivity contribution >= 4 is 17.3 Å². The lowest BCUT2D eigenvalue weighted by molar-refractivity contribution is 0.530. The van der Waals surface area contributed by atoms with Crippen LogP contribution in [0.1, 0.15) is 64.7 Å². The molecule has 106 valence electrons. The summed E-state index contributed by atoms with van der Waals surface area (Å²) in [6.07, 6.45) is 11.5. The maximum absolute atomic E-state index is 5.61. The Bertz CT molecular complexity index is 334. The van der Waals surface area contributed by atoms with Crippen LogP contribution in [0.2, 0.25) is 0 Å². The minimum atomic E-state index is 0.720. The number of hydrogen-bond donors (Lipinski definition) is 0. The standard InChI is InChI=1S/C17H26OS/c1-2-3-4-5-6-7-8-12-15-17(19)18-16-13-10-9-11-14-16/h9-11,13-14H,2-8,12,15H2,1H3. The first-order valence-corrected chi connectivity index (χ1v) is 7.99. The van der Waals surface area contributed by atoms with E-state index in [9.17, 15) is 0 Å². The Labute approximate surface area is 123 Å². The molecule has 0 aliphatic heterocycles. The number of rotatable bonds is 10. The average Bonchev–Trinajstić information content (AvgIpc) is 2.43. The third-order valence-corrected chi connectivity index (χ3v) is 3.50. The molecular weight excluding hydrogens is 252 g/mol. The summed E-state index contributed by atoms with van der Waals surface area (Å²) in [5.74, 6) is 0.854. The molecule has 1 rings (SSSR count). The van der Waals surface area contributed by atoms with Crippen molar-refractivity contribution in [3.8, 4) is 5.75 Å². The number of unbranched alkanes of at least 4 members (excludes halogenated alkanes) is 7. The van der Waals surface area contributed by atoms with Crippen molar-refractivity contribution in [2.75, 3.05) is 0 Å². The lowest BCUT2D eigenvalue weighted by Crippen LogP contribution is -2.04. The lowest BCUT2D eigenvalue weighted by Gasteiger charge is -2.06. The van der Waals surface area contributed by atoms with Gasteiger partial charge in [0.15, 0.2) is 5.05 Å². The fourth-order valence-electron chi connectivity index (χ4n) is 2.07. The van der Waals surface area contributed by atoms with Gasteiger partial charge in [-0.05, 0) is 30.8 Å². The quantitative estimate of drug-likeness (QED) is 0.388. The Morgan fingerprint density at radius 2 is 1.47 bits per heavy atom. The topological polar surface area (TPSA) is 9.23 Å². The van der Waals surface area contributed by atoms with Crippen molar-refractivity contribution < 1.29 is 4.74 Å². The molecule has 0 spiro atoms. The monoisotopic (exact) mass is 278 g/mol. The molecule has 0 aliphatic carbocycles.